The van der Waals surface area contributed by atoms with Gasteiger partial charge in [-0.2, -0.15) is 0 Å². The van der Waals surface area contributed by atoms with Crippen LogP contribution in [-0.2, 0) is 27.4 Å². The molecule has 2 aromatic rings. The summed E-state index contributed by atoms with van der Waals surface area (Å²) in [4.78, 5) is 38.1. The number of rotatable bonds is 4. The van der Waals surface area contributed by atoms with Crippen molar-refractivity contribution >= 4 is 34.6 Å². The predicted molar refractivity (Wildman–Crippen MR) is 102 cm³/mol. The second kappa shape index (κ2) is 6.71. The highest BCUT2D eigenvalue weighted by atomic mass is 32.2. The first-order valence-corrected chi connectivity index (χ1v) is 10.1. The van der Waals surface area contributed by atoms with Crippen LogP contribution in [-0.4, -0.2) is 33.4 Å². The molecule has 0 radical (unpaired) electrons. The van der Waals surface area contributed by atoms with E-state index in [4.69, 9.17) is 9.15 Å². The standard InChI is InChI=1S/C20H21NO5S/c1-3-12-4-5-14-13(9-18(23)26-16(14)8-12)10-25-19(24)15-11-27-20(2)7-6-17(22)21(15)20/h4-5,8-9,15H,3,6-7,10-11H2,1-2H3/t15-,20-/m0/s1. The van der Waals surface area contributed by atoms with Crippen molar-refractivity contribution in [2.24, 2.45) is 0 Å². The first kappa shape index (κ1) is 18.1. The van der Waals surface area contributed by atoms with Gasteiger partial charge in [0.1, 0.15) is 18.2 Å². The van der Waals surface area contributed by atoms with Gasteiger partial charge in [-0.3, -0.25) is 4.79 Å². The first-order chi connectivity index (χ1) is 12.9. The summed E-state index contributed by atoms with van der Waals surface area (Å²) in [5, 5.41) is 0.752. The van der Waals surface area contributed by atoms with E-state index in [1.54, 1.807) is 16.7 Å². The fraction of sp³-hybridized carbons (Fsp3) is 0.450. The van der Waals surface area contributed by atoms with Crippen molar-refractivity contribution in [1.82, 2.24) is 4.90 Å². The lowest BCUT2D eigenvalue weighted by molar-refractivity contribution is -0.154. The van der Waals surface area contributed by atoms with Gasteiger partial charge in [0, 0.05) is 29.2 Å². The van der Waals surface area contributed by atoms with Crippen LogP contribution in [0.2, 0.25) is 0 Å². The third kappa shape index (κ3) is 3.14. The van der Waals surface area contributed by atoms with E-state index in [9.17, 15) is 14.4 Å². The van der Waals surface area contributed by atoms with E-state index in [0.717, 1.165) is 23.8 Å². The van der Waals surface area contributed by atoms with Crippen LogP contribution in [0.1, 0.15) is 37.8 Å². The number of ether oxygens (including phenoxy) is 1. The van der Waals surface area contributed by atoms with E-state index in [2.05, 4.69) is 0 Å². The molecule has 4 rings (SSSR count). The van der Waals surface area contributed by atoms with Crippen LogP contribution >= 0.6 is 11.8 Å². The Morgan fingerprint density at radius 3 is 2.96 bits per heavy atom. The monoisotopic (exact) mass is 387 g/mol. The highest BCUT2D eigenvalue weighted by Crippen LogP contribution is 2.47. The topological polar surface area (TPSA) is 76.8 Å². The molecule has 1 aromatic heterocycles. The van der Waals surface area contributed by atoms with E-state index < -0.39 is 17.6 Å². The highest BCUT2D eigenvalue weighted by molar-refractivity contribution is 8.01. The molecule has 6 nitrogen and oxygen atoms in total. The number of hydrogen-bond donors (Lipinski definition) is 0. The number of carbonyl (C=O) groups is 2. The average Bonchev–Trinajstić information content (AvgIpc) is 3.14. The summed E-state index contributed by atoms with van der Waals surface area (Å²) in [6.07, 6.45) is 2.06. The van der Waals surface area contributed by atoms with Gasteiger partial charge in [0.2, 0.25) is 5.91 Å². The van der Waals surface area contributed by atoms with Crippen LogP contribution in [0.5, 0.6) is 0 Å². The number of hydrogen-bond acceptors (Lipinski definition) is 6. The lowest BCUT2D eigenvalue weighted by atomic mass is 10.1. The maximum atomic E-state index is 12.6. The third-order valence-electron chi connectivity index (χ3n) is 5.39. The Bertz CT molecular complexity index is 984. The Balaban J connectivity index is 1.54. The molecule has 7 heteroatoms. The third-order valence-corrected chi connectivity index (χ3v) is 6.89. The van der Waals surface area contributed by atoms with E-state index in [-0.39, 0.29) is 17.4 Å². The van der Waals surface area contributed by atoms with Crippen molar-refractivity contribution in [1.29, 1.82) is 0 Å². The number of carbonyl (C=O) groups excluding carboxylic acids is 2. The lowest BCUT2D eigenvalue weighted by Crippen LogP contribution is -2.46. The van der Waals surface area contributed by atoms with Crippen molar-refractivity contribution < 1.29 is 18.7 Å². The van der Waals surface area contributed by atoms with Gasteiger partial charge in [-0.1, -0.05) is 19.1 Å². The molecule has 2 fully saturated rings. The average molecular weight is 387 g/mol. The van der Waals surface area contributed by atoms with E-state index in [1.165, 1.54) is 6.07 Å². The minimum atomic E-state index is -0.562. The smallest absolute Gasteiger partial charge is 0.336 e. The van der Waals surface area contributed by atoms with Gasteiger partial charge in [-0.25, -0.2) is 9.59 Å². The Labute approximate surface area is 160 Å². The number of amides is 1. The molecular weight excluding hydrogens is 366 g/mol. The zero-order valence-electron chi connectivity index (χ0n) is 15.3. The van der Waals surface area contributed by atoms with E-state index >= 15 is 0 Å². The molecule has 0 saturated carbocycles. The number of esters is 1. The summed E-state index contributed by atoms with van der Waals surface area (Å²) in [5.41, 5.74) is 1.69. The van der Waals surface area contributed by atoms with Crippen molar-refractivity contribution in [2.75, 3.05) is 5.75 Å². The number of fused-ring (bicyclic) bond motifs is 2. The summed E-state index contributed by atoms with van der Waals surface area (Å²) in [7, 11) is 0. The molecule has 1 amide bonds. The fourth-order valence-corrected chi connectivity index (χ4v) is 5.27. The zero-order chi connectivity index (χ0) is 19.2. The molecule has 3 heterocycles. The molecule has 142 valence electrons. The summed E-state index contributed by atoms with van der Waals surface area (Å²) in [5.74, 6) is 0.119. The quantitative estimate of drug-likeness (QED) is 0.593. The summed E-state index contributed by atoms with van der Waals surface area (Å²) >= 11 is 1.63. The molecule has 2 atom stereocenters. The van der Waals surface area contributed by atoms with Gasteiger partial charge in [0.05, 0.1) is 4.87 Å². The minimum absolute atomic E-state index is 0.00218. The van der Waals surface area contributed by atoms with Gasteiger partial charge in [-0.05, 0) is 31.4 Å². The predicted octanol–water partition coefficient (Wildman–Crippen LogP) is 2.85. The van der Waals surface area contributed by atoms with Gasteiger partial charge in [-0.15, -0.1) is 11.8 Å². The molecule has 2 saturated heterocycles. The van der Waals surface area contributed by atoms with E-state index in [0.29, 0.717) is 23.3 Å². The molecule has 1 aromatic carbocycles. The van der Waals surface area contributed by atoms with Gasteiger partial charge >= 0.3 is 11.6 Å². The lowest BCUT2D eigenvalue weighted by Gasteiger charge is -2.29. The van der Waals surface area contributed by atoms with Crippen molar-refractivity contribution in [3.05, 3.63) is 45.8 Å². The Morgan fingerprint density at radius 2 is 2.19 bits per heavy atom. The molecule has 2 aliphatic heterocycles. The number of nitrogens with zero attached hydrogens (tertiary/aromatic N) is 1. The van der Waals surface area contributed by atoms with E-state index in [1.807, 2.05) is 32.0 Å². The molecule has 0 bridgehead atoms. The summed E-state index contributed by atoms with van der Waals surface area (Å²) in [6, 6.07) is 6.48. The van der Waals surface area contributed by atoms with Crippen molar-refractivity contribution in [3.63, 3.8) is 0 Å². The maximum Gasteiger partial charge on any atom is 0.336 e. The SMILES string of the molecule is CCc1ccc2c(COC(=O)[C@@H]3CS[C@@]4(C)CCC(=O)N34)cc(=O)oc2c1. The van der Waals surface area contributed by atoms with Crippen LogP contribution in [0.4, 0.5) is 0 Å². The van der Waals surface area contributed by atoms with Crippen LogP contribution < -0.4 is 5.63 Å². The summed E-state index contributed by atoms with van der Waals surface area (Å²) < 4.78 is 10.8. The number of benzene rings is 1. The molecular formula is C20H21NO5S. The molecule has 27 heavy (non-hydrogen) atoms. The van der Waals surface area contributed by atoms with Crippen LogP contribution in [0.3, 0.4) is 0 Å². The molecule has 2 aliphatic rings. The highest BCUT2D eigenvalue weighted by Gasteiger charge is 2.53. The van der Waals surface area contributed by atoms with Crippen LogP contribution in [0.25, 0.3) is 11.0 Å². The second-order valence-corrected chi connectivity index (χ2v) is 8.65. The van der Waals surface area contributed by atoms with Crippen LogP contribution in [0, 0.1) is 0 Å². The van der Waals surface area contributed by atoms with Gasteiger partial charge < -0.3 is 14.1 Å². The molecule has 0 unspecified atom stereocenters. The largest absolute Gasteiger partial charge is 0.459 e. The van der Waals surface area contributed by atoms with Crippen LogP contribution in [0.15, 0.2) is 33.5 Å². The second-order valence-electron chi connectivity index (χ2n) is 7.15. The van der Waals surface area contributed by atoms with Crippen molar-refractivity contribution in [3.8, 4) is 0 Å². The summed E-state index contributed by atoms with van der Waals surface area (Å²) in [6.45, 7) is 4.00. The Hall–Kier alpha value is -2.28. The maximum absolute atomic E-state index is 12.6. The molecule has 0 N–H and O–H groups in total. The zero-order valence-corrected chi connectivity index (χ0v) is 16.1. The minimum Gasteiger partial charge on any atom is -0.459 e. The first-order valence-electron chi connectivity index (χ1n) is 9.10. The number of thioether (sulfide) groups is 1. The normalized spacial score (nSPS) is 24.4. The van der Waals surface area contributed by atoms with Gasteiger partial charge in [0.15, 0.2) is 0 Å². The molecule has 0 spiro atoms. The van der Waals surface area contributed by atoms with Crippen molar-refractivity contribution in [2.45, 2.75) is 50.6 Å². The van der Waals surface area contributed by atoms with Gasteiger partial charge in [0.25, 0.3) is 0 Å². The molecule has 0 aliphatic carbocycles. The number of aryl methyl sites for hydroxylation is 1. The fourth-order valence-electron chi connectivity index (χ4n) is 3.85. The Morgan fingerprint density at radius 1 is 1.37 bits per heavy atom. The Kier molecular flexibility index (Phi) is 4.50.